The fraction of sp³-hybridized carbons (Fsp3) is 0.200. The highest BCUT2D eigenvalue weighted by Gasteiger charge is 2.24. The van der Waals surface area contributed by atoms with E-state index in [1.54, 1.807) is 13.2 Å². The second-order valence-corrected chi connectivity index (χ2v) is 4.45. The van der Waals surface area contributed by atoms with E-state index < -0.39 is 0 Å². The molecule has 0 fully saturated rings. The van der Waals surface area contributed by atoms with E-state index in [9.17, 15) is 4.39 Å². The lowest BCUT2D eigenvalue weighted by Crippen LogP contribution is -2.07. The number of hydrogen-bond acceptors (Lipinski definition) is 2. The molecule has 0 bridgehead atoms. The van der Waals surface area contributed by atoms with Crippen LogP contribution in [0.15, 0.2) is 42.5 Å². The van der Waals surface area contributed by atoms with Gasteiger partial charge in [0, 0.05) is 11.3 Å². The predicted molar refractivity (Wildman–Crippen MR) is 69.5 cm³/mol. The summed E-state index contributed by atoms with van der Waals surface area (Å²) in [6.07, 6.45) is 0.785. The van der Waals surface area contributed by atoms with Crippen LogP contribution in [0.25, 0.3) is 0 Å². The van der Waals surface area contributed by atoms with Crippen LogP contribution in [0.3, 0.4) is 0 Å². The Morgan fingerprint density at radius 3 is 2.83 bits per heavy atom. The minimum Gasteiger partial charge on any atom is -0.497 e. The van der Waals surface area contributed by atoms with Crippen molar-refractivity contribution in [2.24, 2.45) is 0 Å². The van der Waals surface area contributed by atoms with E-state index in [2.05, 4.69) is 5.32 Å². The number of anilines is 1. The number of rotatable bonds is 2. The molecule has 0 radical (unpaired) electrons. The van der Waals surface area contributed by atoms with Crippen molar-refractivity contribution in [1.29, 1.82) is 0 Å². The van der Waals surface area contributed by atoms with E-state index in [0.29, 0.717) is 5.56 Å². The van der Waals surface area contributed by atoms with E-state index >= 15 is 0 Å². The largest absolute Gasteiger partial charge is 0.497 e. The van der Waals surface area contributed by atoms with Gasteiger partial charge < -0.3 is 10.1 Å². The smallest absolute Gasteiger partial charge is 0.128 e. The van der Waals surface area contributed by atoms with Crippen LogP contribution in [-0.4, -0.2) is 7.11 Å². The summed E-state index contributed by atoms with van der Waals surface area (Å²) >= 11 is 0. The molecule has 2 aromatic carbocycles. The van der Waals surface area contributed by atoms with Crippen LogP contribution in [0.1, 0.15) is 17.2 Å². The number of ether oxygens (including phenoxy) is 1. The normalized spacial score (nSPS) is 17.1. The number of benzene rings is 2. The Morgan fingerprint density at radius 1 is 1.22 bits per heavy atom. The fourth-order valence-corrected chi connectivity index (χ4v) is 2.41. The third-order valence-corrected chi connectivity index (χ3v) is 3.35. The Morgan fingerprint density at radius 2 is 2.06 bits per heavy atom. The summed E-state index contributed by atoms with van der Waals surface area (Å²) in [5.41, 5.74) is 2.94. The van der Waals surface area contributed by atoms with Gasteiger partial charge in [-0.15, -0.1) is 0 Å². The van der Waals surface area contributed by atoms with Gasteiger partial charge in [0.1, 0.15) is 11.6 Å². The number of hydrogen-bond donors (Lipinski definition) is 1. The first-order chi connectivity index (χ1) is 8.78. The standard InChI is InChI=1S/C15H14FNO/c1-18-11-6-7-14-10(8-11)9-15(17-14)12-4-2-3-5-13(12)16/h2-8,15,17H,9H2,1H3. The van der Waals surface area contributed by atoms with Gasteiger partial charge >= 0.3 is 0 Å². The third-order valence-electron chi connectivity index (χ3n) is 3.35. The minimum absolute atomic E-state index is 0.00769. The predicted octanol–water partition coefficient (Wildman–Crippen LogP) is 3.54. The van der Waals surface area contributed by atoms with Gasteiger partial charge in [0.25, 0.3) is 0 Å². The van der Waals surface area contributed by atoms with Gasteiger partial charge in [0.2, 0.25) is 0 Å². The first kappa shape index (κ1) is 11.1. The number of fused-ring (bicyclic) bond motifs is 1. The topological polar surface area (TPSA) is 21.3 Å². The molecule has 0 saturated carbocycles. The highest BCUT2D eigenvalue weighted by Crippen LogP contribution is 2.36. The molecule has 1 aliphatic rings. The molecule has 1 N–H and O–H groups in total. The zero-order valence-electron chi connectivity index (χ0n) is 10.1. The Bertz CT molecular complexity index is 582. The Balaban J connectivity index is 1.91. The summed E-state index contributed by atoms with van der Waals surface area (Å²) in [6, 6.07) is 12.8. The van der Waals surface area contributed by atoms with E-state index in [4.69, 9.17) is 4.74 Å². The van der Waals surface area contributed by atoms with Crippen molar-refractivity contribution < 1.29 is 9.13 Å². The first-order valence-electron chi connectivity index (χ1n) is 5.96. The van der Waals surface area contributed by atoms with Crippen molar-refractivity contribution in [3.8, 4) is 5.75 Å². The van der Waals surface area contributed by atoms with Crippen molar-refractivity contribution in [3.05, 3.63) is 59.4 Å². The molecule has 3 heteroatoms. The molecule has 92 valence electrons. The fourth-order valence-electron chi connectivity index (χ4n) is 2.41. The van der Waals surface area contributed by atoms with Crippen molar-refractivity contribution in [2.45, 2.75) is 12.5 Å². The van der Waals surface area contributed by atoms with Crippen molar-refractivity contribution in [3.63, 3.8) is 0 Å². The third kappa shape index (κ3) is 1.82. The van der Waals surface area contributed by atoms with Gasteiger partial charge in [0.15, 0.2) is 0 Å². The van der Waals surface area contributed by atoms with Gasteiger partial charge in [-0.1, -0.05) is 18.2 Å². The molecular weight excluding hydrogens is 229 g/mol. The zero-order valence-corrected chi connectivity index (χ0v) is 10.1. The maximum atomic E-state index is 13.7. The maximum Gasteiger partial charge on any atom is 0.128 e. The summed E-state index contributed by atoms with van der Waals surface area (Å²) in [5, 5.41) is 3.35. The Hall–Kier alpha value is -2.03. The van der Waals surface area contributed by atoms with E-state index in [0.717, 1.165) is 17.9 Å². The van der Waals surface area contributed by atoms with Crippen LogP contribution in [0.2, 0.25) is 0 Å². The number of nitrogens with one attached hydrogen (secondary N) is 1. The Kier molecular flexibility index (Phi) is 2.67. The summed E-state index contributed by atoms with van der Waals surface area (Å²) in [7, 11) is 1.65. The van der Waals surface area contributed by atoms with Gasteiger partial charge in [-0.05, 0) is 36.2 Å². The molecule has 2 nitrogen and oxygen atoms in total. The molecule has 2 aromatic rings. The van der Waals surface area contributed by atoms with Gasteiger partial charge in [0.05, 0.1) is 13.2 Å². The molecule has 0 amide bonds. The molecule has 0 spiro atoms. The van der Waals surface area contributed by atoms with Crippen LogP contribution >= 0.6 is 0 Å². The van der Waals surface area contributed by atoms with E-state index in [-0.39, 0.29) is 11.9 Å². The van der Waals surface area contributed by atoms with Crippen LogP contribution in [0.4, 0.5) is 10.1 Å². The van der Waals surface area contributed by atoms with Crippen LogP contribution < -0.4 is 10.1 Å². The maximum absolute atomic E-state index is 13.7. The summed E-state index contributed by atoms with van der Waals surface area (Å²) in [6.45, 7) is 0. The summed E-state index contributed by atoms with van der Waals surface area (Å²) in [5.74, 6) is 0.680. The second-order valence-electron chi connectivity index (χ2n) is 4.45. The molecule has 1 atom stereocenters. The lowest BCUT2D eigenvalue weighted by atomic mass is 10.0. The van der Waals surface area contributed by atoms with Crippen LogP contribution in [-0.2, 0) is 6.42 Å². The highest BCUT2D eigenvalue weighted by atomic mass is 19.1. The zero-order chi connectivity index (χ0) is 12.5. The molecule has 0 aliphatic carbocycles. The van der Waals surface area contributed by atoms with Crippen LogP contribution in [0.5, 0.6) is 5.75 Å². The number of halogens is 1. The molecule has 1 heterocycles. The Labute approximate surface area is 105 Å². The molecule has 1 unspecified atom stereocenters. The molecular formula is C15H14FNO. The quantitative estimate of drug-likeness (QED) is 0.871. The summed E-state index contributed by atoms with van der Waals surface area (Å²) < 4.78 is 18.9. The highest BCUT2D eigenvalue weighted by molar-refractivity contribution is 5.60. The number of methoxy groups -OCH3 is 1. The molecule has 3 rings (SSSR count). The monoisotopic (exact) mass is 243 g/mol. The first-order valence-corrected chi connectivity index (χ1v) is 5.96. The van der Waals surface area contributed by atoms with Gasteiger partial charge in [-0.25, -0.2) is 4.39 Å². The van der Waals surface area contributed by atoms with Crippen molar-refractivity contribution in [1.82, 2.24) is 0 Å². The van der Waals surface area contributed by atoms with Crippen LogP contribution in [0, 0.1) is 5.82 Å². The molecule has 0 aromatic heterocycles. The van der Waals surface area contributed by atoms with Gasteiger partial charge in [-0.3, -0.25) is 0 Å². The van der Waals surface area contributed by atoms with Gasteiger partial charge in [-0.2, -0.15) is 0 Å². The summed E-state index contributed by atoms with van der Waals surface area (Å²) in [4.78, 5) is 0. The second kappa shape index (κ2) is 4.33. The lowest BCUT2D eigenvalue weighted by Gasteiger charge is -2.12. The SMILES string of the molecule is COc1ccc2c(c1)CC(c1ccccc1F)N2. The lowest BCUT2D eigenvalue weighted by molar-refractivity contribution is 0.414. The average molecular weight is 243 g/mol. The molecule has 0 saturated heterocycles. The minimum atomic E-state index is -0.158. The molecule has 1 aliphatic heterocycles. The van der Waals surface area contributed by atoms with Crippen molar-refractivity contribution >= 4 is 5.69 Å². The van der Waals surface area contributed by atoms with E-state index in [1.165, 1.54) is 11.6 Å². The van der Waals surface area contributed by atoms with E-state index in [1.807, 2.05) is 30.3 Å². The average Bonchev–Trinajstić information content (AvgIpc) is 2.81. The van der Waals surface area contributed by atoms with Crippen molar-refractivity contribution in [2.75, 3.05) is 12.4 Å². The molecule has 18 heavy (non-hydrogen) atoms.